The number of benzene rings is 1. The van der Waals surface area contributed by atoms with Crippen LogP contribution >= 0.6 is 10.2 Å². The third-order valence-electron chi connectivity index (χ3n) is 7.38. The third kappa shape index (κ3) is 8.28. The maximum Gasteiger partial charge on any atom is 0.345 e. The van der Waals surface area contributed by atoms with Crippen LogP contribution in [0.5, 0.6) is 0 Å². The van der Waals surface area contributed by atoms with Gasteiger partial charge in [-0.05, 0) is 43.2 Å². The summed E-state index contributed by atoms with van der Waals surface area (Å²) in [6.07, 6.45) is -0.332. The van der Waals surface area contributed by atoms with Crippen LogP contribution in [0.1, 0.15) is 43.7 Å². The minimum absolute atomic E-state index is 0.0431. The first kappa shape index (κ1) is 34.1. The molecule has 1 aliphatic carbocycles. The van der Waals surface area contributed by atoms with E-state index in [-0.39, 0.29) is 30.5 Å². The zero-order valence-corrected chi connectivity index (χ0v) is 23.7. The van der Waals surface area contributed by atoms with E-state index in [1.165, 1.54) is 0 Å². The number of anilines is 1. The minimum Gasteiger partial charge on any atom is -0.351 e. The summed E-state index contributed by atoms with van der Waals surface area (Å²) in [4.78, 5) is 30.3. The topological polar surface area (TPSA) is 98.6 Å². The molecule has 45 heavy (non-hydrogen) atoms. The predicted molar refractivity (Wildman–Crippen MR) is 139 cm³/mol. The molecule has 248 valence electrons. The van der Waals surface area contributed by atoms with Gasteiger partial charge in [-0.3, -0.25) is 24.4 Å². The normalized spacial score (nSPS) is 22.7. The second-order valence-electron chi connectivity index (χ2n) is 10.7. The summed E-state index contributed by atoms with van der Waals surface area (Å²) in [6.45, 7) is -3.83. The molecule has 1 N–H and O–H groups in total. The largest absolute Gasteiger partial charge is 0.351 e. The molecule has 3 atom stereocenters. The van der Waals surface area contributed by atoms with Gasteiger partial charge in [0.1, 0.15) is 22.8 Å². The molecule has 2 aliphatic rings. The van der Waals surface area contributed by atoms with Crippen molar-refractivity contribution in [1.29, 1.82) is 5.26 Å². The highest BCUT2D eigenvalue weighted by Crippen LogP contribution is 3.02. The highest BCUT2D eigenvalue weighted by molar-refractivity contribution is 8.45. The Bertz CT molecular complexity index is 1460. The van der Waals surface area contributed by atoms with E-state index < -0.39 is 101 Å². The standard InChI is InChI=1S/C26H25F10N5O3S/c27-16-9-15(11-38-12-16)22(23(42)39-17-5-7-26(30,31)8-6-17)41(18-1-3-20(4-2-18)45(32,33,34,35)36)24(43)21-10-19(44-25(28)29)13-40(21)14-37/h1-4,9,11-12,17,19,21-22,25H,5-8,10,13H2,(H,39,42)/t19-,21-,22?/m1/s1. The molecule has 2 fully saturated rings. The van der Waals surface area contributed by atoms with Crippen LogP contribution in [0.4, 0.5) is 47.1 Å². The molecule has 1 unspecified atom stereocenters. The van der Waals surface area contributed by atoms with E-state index in [4.69, 9.17) is 0 Å². The van der Waals surface area contributed by atoms with Crippen LogP contribution in [-0.2, 0) is 14.3 Å². The number of pyridine rings is 1. The van der Waals surface area contributed by atoms with Crippen molar-refractivity contribution in [3.63, 3.8) is 0 Å². The SMILES string of the molecule is N#CN1C[C@H](OC(F)F)C[C@@H]1C(=O)N(c1ccc(S(F)(F)(F)(F)F)cc1)C(C(=O)NC1CCC(F)(F)CC1)c1cncc(F)c1. The first-order valence-corrected chi connectivity index (χ1v) is 15.2. The lowest BCUT2D eigenvalue weighted by Gasteiger charge is -2.41. The number of nitrogens with one attached hydrogen (secondary N) is 1. The summed E-state index contributed by atoms with van der Waals surface area (Å²) >= 11 is 0. The quantitative estimate of drug-likeness (QED) is 0.232. The summed E-state index contributed by atoms with van der Waals surface area (Å²) in [5, 5.41) is 12.1. The van der Waals surface area contributed by atoms with Crippen LogP contribution in [0.2, 0.25) is 0 Å². The Morgan fingerprint density at radius 3 is 2.24 bits per heavy atom. The van der Waals surface area contributed by atoms with Crippen molar-refractivity contribution in [2.75, 3.05) is 11.4 Å². The average molecular weight is 678 g/mol. The summed E-state index contributed by atoms with van der Waals surface area (Å²) in [5.41, 5.74) is -0.984. The molecule has 1 saturated heterocycles. The molecule has 1 aromatic carbocycles. The molecule has 2 amide bonds. The summed E-state index contributed by atoms with van der Waals surface area (Å²) in [7, 11) is -10.2. The Hall–Kier alpha value is -3.79. The monoisotopic (exact) mass is 677 g/mol. The molecule has 1 saturated carbocycles. The van der Waals surface area contributed by atoms with E-state index in [0.29, 0.717) is 21.9 Å². The molecular weight excluding hydrogens is 652 g/mol. The molecule has 19 heteroatoms. The van der Waals surface area contributed by atoms with Gasteiger partial charge in [0.15, 0.2) is 6.19 Å². The molecule has 1 aliphatic heterocycles. The number of ether oxygens (including phenoxy) is 1. The average Bonchev–Trinajstić information content (AvgIpc) is 3.33. The van der Waals surface area contributed by atoms with Crippen molar-refractivity contribution in [3.05, 3.63) is 54.1 Å². The molecule has 2 heterocycles. The molecule has 2 aromatic rings. The van der Waals surface area contributed by atoms with Crippen LogP contribution in [0, 0.1) is 17.3 Å². The van der Waals surface area contributed by atoms with Crippen molar-refractivity contribution in [2.24, 2.45) is 0 Å². The maximum absolute atomic E-state index is 14.3. The van der Waals surface area contributed by atoms with Crippen molar-refractivity contribution in [3.8, 4) is 6.19 Å². The summed E-state index contributed by atoms with van der Waals surface area (Å²) < 4.78 is 139. The second kappa shape index (κ2) is 11.5. The number of nitriles is 1. The number of alkyl halides is 4. The van der Waals surface area contributed by atoms with Gasteiger partial charge in [0, 0.05) is 42.8 Å². The third-order valence-corrected chi connectivity index (χ3v) is 8.54. The molecule has 8 nitrogen and oxygen atoms in total. The first-order valence-electron chi connectivity index (χ1n) is 13.2. The van der Waals surface area contributed by atoms with Gasteiger partial charge in [0.05, 0.1) is 18.8 Å². The van der Waals surface area contributed by atoms with Crippen molar-refractivity contribution < 1.29 is 55.7 Å². The molecule has 0 bridgehead atoms. The van der Waals surface area contributed by atoms with Crippen molar-refractivity contribution in [2.45, 2.75) is 73.8 Å². The number of likely N-dealkylation sites (tertiary alicyclic amines) is 1. The van der Waals surface area contributed by atoms with Crippen molar-refractivity contribution >= 4 is 27.7 Å². The zero-order chi connectivity index (χ0) is 33.4. The number of carbonyl (C=O) groups excluding carboxylic acids is 2. The lowest BCUT2D eigenvalue weighted by molar-refractivity contribution is -0.158. The van der Waals surface area contributed by atoms with E-state index in [9.17, 15) is 56.2 Å². The Morgan fingerprint density at radius 2 is 1.71 bits per heavy atom. The fraction of sp³-hybridized carbons (Fsp3) is 0.462. The number of amides is 2. The lowest BCUT2D eigenvalue weighted by Crippen LogP contribution is -2.52. The number of halogens is 10. The predicted octanol–water partition coefficient (Wildman–Crippen LogP) is 6.81. The van der Waals surface area contributed by atoms with Gasteiger partial charge >= 0.3 is 16.8 Å². The number of hydrogen-bond acceptors (Lipinski definition) is 6. The highest BCUT2D eigenvalue weighted by atomic mass is 32.5. The van der Waals surface area contributed by atoms with E-state index >= 15 is 0 Å². The van der Waals surface area contributed by atoms with E-state index in [2.05, 4.69) is 15.0 Å². The van der Waals surface area contributed by atoms with Gasteiger partial charge in [0.2, 0.25) is 11.8 Å². The van der Waals surface area contributed by atoms with Gasteiger partial charge in [-0.2, -0.15) is 14.0 Å². The van der Waals surface area contributed by atoms with Gasteiger partial charge in [-0.25, -0.2) is 13.2 Å². The fourth-order valence-corrected chi connectivity index (χ4v) is 5.92. The number of carbonyl (C=O) groups is 2. The Labute approximate surface area is 249 Å². The number of hydrogen-bond donors (Lipinski definition) is 1. The van der Waals surface area contributed by atoms with Crippen LogP contribution < -0.4 is 10.2 Å². The smallest absolute Gasteiger partial charge is 0.345 e. The molecule has 1 aromatic heterocycles. The summed E-state index contributed by atoms with van der Waals surface area (Å²) in [6, 6.07) is -2.99. The number of nitrogens with zero attached hydrogens (tertiary/aromatic N) is 4. The lowest BCUT2D eigenvalue weighted by atomic mass is 9.91. The van der Waals surface area contributed by atoms with Crippen LogP contribution in [0.15, 0.2) is 47.6 Å². The Kier molecular flexibility index (Phi) is 8.74. The van der Waals surface area contributed by atoms with E-state index in [1.54, 1.807) is 6.19 Å². The zero-order valence-electron chi connectivity index (χ0n) is 22.9. The number of rotatable bonds is 9. The van der Waals surface area contributed by atoms with E-state index in [0.717, 1.165) is 18.5 Å². The molecule has 4 rings (SSSR count). The van der Waals surface area contributed by atoms with Crippen LogP contribution in [-0.4, -0.2) is 59.0 Å². The van der Waals surface area contributed by atoms with Gasteiger partial charge in [-0.1, -0.05) is 19.4 Å². The highest BCUT2D eigenvalue weighted by Gasteiger charge is 2.65. The maximum atomic E-state index is 14.3. The van der Waals surface area contributed by atoms with Crippen molar-refractivity contribution in [1.82, 2.24) is 15.2 Å². The second-order valence-corrected chi connectivity index (χ2v) is 13.1. The first-order chi connectivity index (χ1) is 20.7. The fourth-order valence-electron chi connectivity index (χ4n) is 5.27. The van der Waals surface area contributed by atoms with Crippen LogP contribution in [0.25, 0.3) is 0 Å². The van der Waals surface area contributed by atoms with Gasteiger partial charge in [0.25, 0.3) is 5.91 Å². The molecule has 0 spiro atoms. The van der Waals surface area contributed by atoms with Crippen LogP contribution in [0.3, 0.4) is 0 Å². The summed E-state index contributed by atoms with van der Waals surface area (Å²) in [5.74, 6) is -6.42. The van der Waals surface area contributed by atoms with Gasteiger partial charge < -0.3 is 10.1 Å². The Morgan fingerprint density at radius 1 is 1.09 bits per heavy atom. The minimum atomic E-state index is -10.2. The Balaban J connectivity index is 1.82. The molecule has 0 radical (unpaired) electrons. The van der Waals surface area contributed by atoms with Gasteiger partial charge in [-0.15, -0.1) is 0 Å². The van der Waals surface area contributed by atoms with E-state index in [1.807, 2.05) is 0 Å². The number of aromatic nitrogens is 1. The molecular formula is C26H25F10N5O3S.